The second-order valence-electron chi connectivity index (χ2n) is 5.26. The molecule has 0 saturated carbocycles. The minimum absolute atomic E-state index is 0.363. The first-order valence-electron chi connectivity index (χ1n) is 7.03. The number of carbonyl (C=O) groups is 2. The molecule has 0 aromatic carbocycles. The summed E-state index contributed by atoms with van der Waals surface area (Å²) in [5, 5.41) is 11.8. The number of nitrogens with zero attached hydrogens (tertiary/aromatic N) is 2. The summed E-state index contributed by atoms with van der Waals surface area (Å²) in [5.74, 6) is -1.46. The fraction of sp³-hybridized carbons (Fsp3) is 0.400. The Hall–Kier alpha value is -1.89. The quantitative estimate of drug-likeness (QED) is 0.850. The van der Waals surface area contributed by atoms with Gasteiger partial charge in [-0.2, -0.15) is 0 Å². The van der Waals surface area contributed by atoms with Crippen molar-refractivity contribution < 1.29 is 14.7 Å². The molecule has 2 aromatic rings. The number of aromatic nitrogens is 2. The van der Waals surface area contributed by atoms with E-state index in [-0.39, 0.29) is 0 Å². The number of aryl methyl sites for hydroxylation is 2. The van der Waals surface area contributed by atoms with Gasteiger partial charge in [-0.05, 0) is 47.8 Å². The molecule has 1 unspecified atom stereocenters. The number of aliphatic carboxylic acids is 1. The number of carboxylic acids is 1. The largest absolute Gasteiger partial charge is 0.480 e. The zero-order valence-electron chi connectivity index (χ0n) is 12.7. The smallest absolute Gasteiger partial charge is 0.326 e. The Bertz CT molecular complexity index is 739. The molecule has 118 valence electrons. The Kier molecular flexibility index (Phi) is 4.85. The topological polar surface area (TPSA) is 83.7 Å². The Morgan fingerprint density at radius 3 is 2.73 bits per heavy atom. The fourth-order valence-corrected chi connectivity index (χ4v) is 3.03. The van der Waals surface area contributed by atoms with Crippen LogP contribution in [0.4, 0.5) is 0 Å². The first kappa shape index (κ1) is 16.5. The Balaban J connectivity index is 2.43. The SMILES string of the molecule is CCCC(NC(=O)c1c(C)nc2c(Br)cc(C)cn12)C(=O)O. The number of imidazole rings is 1. The van der Waals surface area contributed by atoms with E-state index in [1.807, 2.05) is 26.1 Å². The van der Waals surface area contributed by atoms with Crippen LogP contribution in [0.5, 0.6) is 0 Å². The van der Waals surface area contributed by atoms with Gasteiger partial charge >= 0.3 is 5.97 Å². The van der Waals surface area contributed by atoms with Crippen molar-refractivity contribution in [1.82, 2.24) is 14.7 Å². The molecule has 22 heavy (non-hydrogen) atoms. The van der Waals surface area contributed by atoms with Gasteiger partial charge in [0, 0.05) is 6.20 Å². The molecule has 0 radical (unpaired) electrons. The number of hydrogen-bond donors (Lipinski definition) is 2. The molecule has 0 aliphatic heterocycles. The van der Waals surface area contributed by atoms with Crippen LogP contribution >= 0.6 is 15.9 Å². The van der Waals surface area contributed by atoms with Crippen LogP contribution in [-0.4, -0.2) is 32.4 Å². The van der Waals surface area contributed by atoms with Crippen LogP contribution in [0.3, 0.4) is 0 Å². The second kappa shape index (κ2) is 6.48. The summed E-state index contributed by atoms with van der Waals surface area (Å²) in [5.41, 5.74) is 2.52. The van der Waals surface area contributed by atoms with Crippen molar-refractivity contribution in [2.75, 3.05) is 0 Å². The molecule has 0 fully saturated rings. The summed E-state index contributed by atoms with van der Waals surface area (Å²) in [6.07, 6.45) is 2.87. The molecule has 2 heterocycles. The first-order valence-corrected chi connectivity index (χ1v) is 7.83. The molecular formula is C15H18BrN3O3. The Morgan fingerprint density at radius 2 is 2.14 bits per heavy atom. The Labute approximate surface area is 136 Å². The fourth-order valence-electron chi connectivity index (χ4n) is 2.39. The number of carboxylic acid groups (broad SMARTS) is 1. The summed E-state index contributed by atoms with van der Waals surface area (Å²) in [4.78, 5) is 28.1. The highest BCUT2D eigenvalue weighted by Crippen LogP contribution is 2.22. The highest BCUT2D eigenvalue weighted by atomic mass is 79.9. The molecule has 0 bridgehead atoms. The third kappa shape index (κ3) is 3.14. The highest BCUT2D eigenvalue weighted by molar-refractivity contribution is 9.10. The third-order valence-electron chi connectivity index (χ3n) is 3.38. The van der Waals surface area contributed by atoms with Gasteiger partial charge in [-0.25, -0.2) is 9.78 Å². The summed E-state index contributed by atoms with van der Waals surface area (Å²) in [7, 11) is 0. The zero-order chi connectivity index (χ0) is 16.4. The van der Waals surface area contributed by atoms with Gasteiger partial charge in [0.25, 0.3) is 5.91 Å². The van der Waals surface area contributed by atoms with Gasteiger partial charge in [-0.15, -0.1) is 0 Å². The number of halogens is 1. The third-order valence-corrected chi connectivity index (χ3v) is 3.97. The molecule has 6 nitrogen and oxygen atoms in total. The van der Waals surface area contributed by atoms with Gasteiger partial charge in [-0.3, -0.25) is 9.20 Å². The lowest BCUT2D eigenvalue weighted by molar-refractivity contribution is -0.139. The van der Waals surface area contributed by atoms with E-state index < -0.39 is 17.9 Å². The van der Waals surface area contributed by atoms with Crippen LogP contribution < -0.4 is 5.32 Å². The highest BCUT2D eigenvalue weighted by Gasteiger charge is 2.24. The molecule has 0 aliphatic carbocycles. The van der Waals surface area contributed by atoms with Gasteiger partial charge in [0.05, 0.1) is 10.2 Å². The van der Waals surface area contributed by atoms with Crippen LogP contribution in [0, 0.1) is 13.8 Å². The van der Waals surface area contributed by atoms with Crippen molar-refractivity contribution >= 4 is 33.5 Å². The number of fused-ring (bicyclic) bond motifs is 1. The standard InChI is InChI=1S/C15H18BrN3O3/c1-4-5-11(15(21)22)18-14(20)12-9(3)17-13-10(16)6-8(2)7-19(12)13/h6-7,11H,4-5H2,1-3H3,(H,18,20)(H,21,22). The van der Waals surface area contributed by atoms with Crippen LogP contribution in [-0.2, 0) is 4.79 Å². The maximum atomic E-state index is 12.5. The zero-order valence-corrected chi connectivity index (χ0v) is 14.3. The summed E-state index contributed by atoms with van der Waals surface area (Å²) < 4.78 is 2.48. The molecule has 7 heteroatoms. The van der Waals surface area contributed by atoms with Crippen molar-refractivity contribution in [3.8, 4) is 0 Å². The van der Waals surface area contributed by atoms with E-state index in [0.717, 1.165) is 10.0 Å². The number of hydrogen-bond acceptors (Lipinski definition) is 3. The monoisotopic (exact) mass is 367 g/mol. The summed E-state index contributed by atoms with van der Waals surface area (Å²) in [6.45, 7) is 5.53. The van der Waals surface area contributed by atoms with Crippen LogP contribution in [0.1, 0.15) is 41.5 Å². The second-order valence-corrected chi connectivity index (χ2v) is 6.11. The number of amides is 1. The minimum atomic E-state index is -1.03. The lowest BCUT2D eigenvalue weighted by Gasteiger charge is -2.13. The number of nitrogens with one attached hydrogen (secondary N) is 1. The van der Waals surface area contributed by atoms with Gasteiger partial charge in [0.2, 0.25) is 0 Å². The van der Waals surface area contributed by atoms with Gasteiger partial charge in [-0.1, -0.05) is 13.3 Å². The Morgan fingerprint density at radius 1 is 1.45 bits per heavy atom. The van der Waals surface area contributed by atoms with E-state index in [1.54, 1.807) is 11.3 Å². The van der Waals surface area contributed by atoms with Crippen molar-refractivity contribution in [1.29, 1.82) is 0 Å². The molecule has 1 atom stereocenters. The van der Waals surface area contributed by atoms with E-state index in [9.17, 15) is 14.7 Å². The van der Waals surface area contributed by atoms with Crippen LogP contribution in [0.15, 0.2) is 16.7 Å². The van der Waals surface area contributed by atoms with Gasteiger partial charge in [0.15, 0.2) is 5.65 Å². The average Bonchev–Trinajstić information content (AvgIpc) is 2.74. The predicted molar refractivity (Wildman–Crippen MR) is 86.2 cm³/mol. The van der Waals surface area contributed by atoms with E-state index in [0.29, 0.717) is 29.9 Å². The lowest BCUT2D eigenvalue weighted by atomic mass is 10.1. The normalized spacial score (nSPS) is 12.4. The summed E-state index contributed by atoms with van der Waals surface area (Å²) >= 11 is 3.43. The van der Waals surface area contributed by atoms with Crippen molar-refractivity contribution in [3.05, 3.63) is 33.7 Å². The predicted octanol–water partition coefficient (Wildman–Crippen LogP) is 2.70. The lowest BCUT2D eigenvalue weighted by Crippen LogP contribution is -2.41. The first-order chi connectivity index (χ1) is 10.3. The minimum Gasteiger partial charge on any atom is -0.480 e. The average molecular weight is 368 g/mol. The maximum Gasteiger partial charge on any atom is 0.326 e. The molecule has 0 spiro atoms. The van der Waals surface area contributed by atoms with Crippen molar-refractivity contribution in [2.45, 2.75) is 39.7 Å². The summed E-state index contributed by atoms with van der Waals surface area (Å²) in [6, 6.07) is 1.02. The van der Waals surface area contributed by atoms with E-state index in [1.165, 1.54) is 0 Å². The molecule has 2 N–H and O–H groups in total. The molecule has 2 rings (SSSR count). The van der Waals surface area contributed by atoms with E-state index in [2.05, 4.69) is 26.2 Å². The number of carbonyl (C=O) groups excluding carboxylic acids is 1. The van der Waals surface area contributed by atoms with Crippen molar-refractivity contribution in [2.24, 2.45) is 0 Å². The molecule has 0 saturated heterocycles. The van der Waals surface area contributed by atoms with Gasteiger partial charge in [0.1, 0.15) is 11.7 Å². The molecule has 2 aromatic heterocycles. The van der Waals surface area contributed by atoms with Crippen LogP contribution in [0.2, 0.25) is 0 Å². The van der Waals surface area contributed by atoms with Crippen LogP contribution in [0.25, 0.3) is 5.65 Å². The molecular weight excluding hydrogens is 350 g/mol. The number of rotatable bonds is 5. The van der Waals surface area contributed by atoms with Crippen molar-refractivity contribution in [3.63, 3.8) is 0 Å². The number of pyridine rings is 1. The molecule has 0 aliphatic rings. The van der Waals surface area contributed by atoms with Gasteiger partial charge < -0.3 is 10.4 Å². The van der Waals surface area contributed by atoms with E-state index >= 15 is 0 Å². The molecule has 1 amide bonds. The van der Waals surface area contributed by atoms with E-state index in [4.69, 9.17) is 0 Å². The maximum absolute atomic E-state index is 12.5.